The first-order valence-electron chi connectivity index (χ1n) is 7.92. The van der Waals surface area contributed by atoms with Crippen LogP contribution in [0.2, 0.25) is 65.5 Å². The Hall–Kier alpha value is 0.884. The molecule has 132 valence electrons. The zero-order valence-corrected chi connectivity index (χ0v) is 21.0. The average molecular weight is 399 g/mol. The molecule has 1 aliphatic rings. The zero-order valence-electron chi connectivity index (χ0n) is 16.0. The minimum atomic E-state index is -2.22. The molecule has 0 bridgehead atoms. The fourth-order valence-electron chi connectivity index (χ4n) is 2.76. The summed E-state index contributed by atoms with van der Waals surface area (Å²) in [5.41, 5.74) is 0. The summed E-state index contributed by atoms with van der Waals surface area (Å²) in [7, 11) is -10.5. The van der Waals surface area contributed by atoms with Crippen LogP contribution in [0.3, 0.4) is 0 Å². The van der Waals surface area contributed by atoms with E-state index < -0.39 is 42.3 Å². The molecule has 5 nitrogen and oxygen atoms in total. The van der Waals surface area contributed by atoms with Crippen molar-refractivity contribution in [3.8, 4) is 0 Å². The lowest BCUT2D eigenvalue weighted by molar-refractivity contribution is 0.223. The van der Waals surface area contributed by atoms with Crippen molar-refractivity contribution in [2.75, 3.05) is 12.5 Å². The Morgan fingerprint density at radius 1 is 0.455 bits per heavy atom. The van der Waals surface area contributed by atoms with Crippen LogP contribution in [0.5, 0.6) is 0 Å². The van der Waals surface area contributed by atoms with Gasteiger partial charge in [-0.1, -0.05) is 0 Å². The van der Waals surface area contributed by atoms with Gasteiger partial charge in [0.15, 0.2) is 16.6 Å². The topological polar surface area (TPSA) is 46.2 Å². The number of hydrogen-bond donors (Lipinski definition) is 0. The molecule has 0 aromatic rings. The third-order valence-corrected chi connectivity index (χ3v) is 19.3. The van der Waals surface area contributed by atoms with Crippen LogP contribution in [0.15, 0.2) is 0 Å². The summed E-state index contributed by atoms with van der Waals surface area (Å²) in [6, 6.07) is 0. The van der Waals surface area contributed by atoms with Gasteiger partial charge in [-0.25, -0.2) is 0 Å². The van der Waals surface area contributed by atoms with E-state index in [9.17, 15) is 0 Å². The van der Waals surface area contributed by atoms with E-state index in [0.29, 0.717) is 12.5 Å². The van der Waals surface area contributed by atoms with Crippen LogP contribution in [-0.4, -0.2) is 54.8 Å². The van der Waals surface area contributed by atoms with E-state index in [-0.39, 0.29) is 0 Å². The van der Waals surface area contributed by atoms with Crippen LogP contribution in [0.4, 0.5) is 0 Å². The van der Waals surface area contributed by atoms with Crippen molar-refractivity contribution in [2.45, 2.75) is 65.5 Å². The third kappa shape index (κ3) is 7.64. The molecular formula is C12H34O5Si5. The summed E-state index contributed by atoms with van der Waals surface area (Å²) in [4.78, 5) is 0. The molecule has 0 amide bonds. The van der Waals surface area contributed by atoms with Crippen molar-refractivity contribution < 1.29 is 21.2 Å². The van der Waals surface area contributed by atoms with Crippen LogP contribution in [0, 0.1) is 0 Å². The van der Waals surface area contributed by atoms with Crippen LogP contribution < -0.4 is 0 Å². The van der Waals surface area contributed by atoms with Crippen molar-refractivity contribution in [1.29, 1.82) is 0 Å². The van der Waals surface area contributed by atoms with Gasteiger partial charge in [0.1, 0.15) is 0 Å². The van der Waals surface area contributed by atoms with Crippen LogP contribution >= 0.6 is 0 Å². The fraction of sp³-hybridized carbons (Fsp3) is 1.00. The second-order valence-electron chi connectivity index (χ2n) is 8.60. The molecule has 0 aliphatic carbocycles. The zero-order chi connectivity index (χ0) is 17.4. The first-order chi connectivity index (χ1) is 9.54. The first-order valence-corrected chi connectivity index (χ1v) is 22.6. The van der Waals surface area contributed by atoms with E-state index in [4.69, 9.17) is 21.2 Å². The third-order valence-electron chi connectivity index (χ3n) is 3.07. The highest BCUT2D eigenvalue weighted by molar-refractivity contribution is 6.88. The van der Waals surface area contributed by atoms with Crippen LogP contribution in [0.25, 0.3) is 0 Å². The Labute approximate surface area is 141 Å². The largest absolute Gasteiger partial charge is 0.435 e. The standard InChI is InChI=1S/C12H34O5Si5/c1-18(2)12-14-21(7,8)17-22(9,10)16-19(3,4)11-13-20(5,6)15-18/h11-12H2,1-10H3. The monoisotopic (exact) mass is 398 g/mol. The molecule has 0 saturated carbocycles. The Morgan fingerprint density at radius 3 is 1.18 bits per heavy atom. The Bertz CT molecular complexity index is 363. The summed E-state index contributed by atoms with van der Waals surface area (Å²) in [5, 5.41) is 0. The lowest BCUT2D eigenvalue weighted by atomic mass is 11.7. The Morgan fingerprint density at radius 2 is 0.773 bits per heavy atom. The molecule has 1 aliphatic heterocycles. The molecule has 1 rings (SSSR count). The summed E-state index contributed by atoms with van der Waals surface area (Å²) >= 11 is 0. The van der Waals surface area contributed by atoms with E-state index in [1.54, 1.807) is 0 Å². The van der Waals surface area contributed by atoms with Gasteiger partial charge in [0.05, 0.1) is 12.5 Å². The summed E-state index contributed by atoms with van der Waals surface area (Å²) in [6.07, 6.45) is 1.32. The average Bonchev–Trinajstić information content (AvgIpc) is 2.19. The van der Waals surface area contributed by atoms with Crippen LogP contribution in [0.1, 0.15) is 0 Å². The minimum absolute atomic E-state index is 0.650. The molecule has 0 aromatic heterocycles. The minimum Gasteiger partial charge on any atom is -0.435 e. The number of rotatable bonds is 0. The second-order valence-corrected chi connectivity index (χ2v) is 27.6. The summed E-state index contributed by atoms with van der Waals surface area (Å²) in [6.45, 7) is 21.5. The molecule has 0 N–H and O–H groups in total. The molecule has 1 saturated heterocycles. The highest BCUT2D eigenvalue weighted by Crippen LogP contribution is 2.25. The second kappa shape index (κ2) is 6.65. The van der Waals surface area contributed by atoms with Crippen molar-refractivity contribution in [2.24, 2.45) is 0 Å². The van der Waals surface area contributed by atoms with Gasteiger partial charge in [0.25, 0.3) is 0 Å². The van der Waals surface area contributed by atoms with Gasteiger partial charge < -0.3 is 21.2 Å². The van der Waals surface area contributed by atoms with E-state index in [0.717, 1.165) is 0 Å². The van der Waals surface area contributed by atoms with Gasteiger partial charge in [0.2, 0.25) is 0 Å². The van der Waals surface area contributed by atoms with Crippen molar-refractivity contribution >= 4 is 42.3 Å². The Balaban J connectivity index is 3.04. The molecule has 0 atom stereocenters. The molecule has 0 aromatic carbocycles. The highest BCUT2D eigenvalue weighted by atomic mass is 28.5. The molecule has 1 heterocycles. The molecule has 0 unspecified atom stereocenters. The molecule has 22 heavy (non-hydrogen) atoms. The predicted molar refractivity (Wildman–Crippen MR) is 103 cm³/mol. The molecular weight excluding hydrogens is 365 g/mol. The van der Waals surface area contributed by atoms with Crippen molar-refractivity contribution in [3.63, 3.8) is 0 Å². The smallest absolute Gasteiger partial charge is 0.322 e. The van der Waals surface area contributed by atoms with Gasteiger partial charge in [-0.2, -0.15) is 0 Å². The number of hydrogen-bond acceptors (Lipinski definition) is 5. The van der Waals surface area contributed by atoms with Gasteiger partial charge >= 0.3 is 25.7 Å². The maximum Gasteiger partial charge on any atom is 0.322 e. The molecule has 1 fully saturated rings. The molecule has 0 spiro atoms. The lowest BCUT2D eigenvalue weighted by Gasteiger charge is -2.42. The maximum absolute atomic E-state index is 6.44. The Kier molecular flexibility index (Phi) is 6.33. The van der Waals surface area contributed by atoms with Crippen molar-refractivity contribution in [1.82, 2.24) is 0 Å². The van der Waals surface area contributed by atoms with Gasteiger partial charge in [-0.3, -0.25) is 0 Å². The fourth-order valence-corrected chi connectivity index (χ4v) is 25.2. The predicted octanol–water partition coefficient (Wildman–Crippen LogP) is 3.68. The first kappa shape index (κ1) is 20.9. The van der Waals surface area contributed by atoms with Crippen molar-refractivity contribution in [3.05, 3.63) is 0 Å². The van der Waals surface area contributed by atoms with E-state index in [1.165, 1.54) is 0 Å². The summed E-state index contributed by atoms with van der Waals surface area (Å²) < 4.78 is 31.6. The van der Waals surface area contributed by atoms with Gasteiger partial charge in [-0.05, 0) is 65.5 Å². The molecule has 0 radical (unpaired) electrons. The van der Waals surface area contributed by atoms with Gasteiger partial charge in [-0.15, -0.1) is 0 Å². The van der Waals surface area contributed by atoms with Gasteiger partial charge in [0, 0.05) is 0 Å². The highest BCUT2D eigenvalue weighted by Gasteiger charge is 2.45. The molecule has 10 heteroatoms. The van der Waals surface area contributed by atoms with E-state index in [2.05, 4.69) is 65.5 Å². The maximum atomic E-state index is 6.44. The lowest BCUT2D eigenvalue weighted by Crippen LogP contribution is -2.59. The normalized spacial score (nSPS) is 30.8. The quantitative estimate of drug-likeness (QED) is 0.582. The summed E-state index contributed by atoms with van der Waals surface area (Å²) in [5.74, 6) is 0. The SMILES string of the molecule is C[Si]1(C)CO[Si](C)(C)O[Si](C)(C)O[Si](C)(C)CO[Si](C)(C)O1. The van der Waals surface area contributed by atoms with E-state index >= 15 is 0 Å². The van der Waals surface area contributed by atoms with E-state index in [1.807, 2.05) is 0 Å². The van der Waals surface area contributed by atoms with Crippen LogP contribution in [-0.2, 0) is 21.2 Å².